The summed E-state index contributed by atoms with van der Waals surface area (Å²) in [7, 11) is 0. The molecule has 0 aromatic heterocycles. The number of nitrogen functional groups attached to an aromatic ring is 1. The molecule has 9 heteroatoms. The van der Waals surface area contributed by atoms with Crippen LogP contribution in [-0.2, 0) is 14.3 Å². The fourth-order valence-electron chi connectivity index (χ4n) is 3.03. The molecule has 1 fully saturated rings. The summed E-state index contributed by atoms with van der Waals surface area (Å²) in [5.74, 6) is -2.05. The number of benzene rings is 2. The van der Waals surface area contributed by atoms with Crippen LogP contribution in [0.15, 0.2) is 42.5 Å². The van der Waals surface area contributed by atoms with Gasteiger partial charge in [-0.3, -0.25) is 15.0 Å². The first-order chi connectivity index (χ1) is 13.8. The summed E-state index contributed by atoms with van der Waals surface area (Å²) in [4.78, 5) is 26.5. The van der Waals surface area contributed by atoms with Crippen molar-refractivity contribution in [2.75, 3.05) is 23.4 Å². The van der Waals surface area contributed by atoms with Crippen LogP contribution in [0.2, 0.25) is 0 Å². The highest BCUT2D eigenvalue weighted by molar-refractivity contribution is 6.04. The Morgan fingerprint density at radius 1 is 1.34 bits per heavy atom. The van der Waals surface area contributed by atoms with Gasteiger partial charge >= 0.3 is 0 Å². The zero-order chi connectivity index (χ0) is 21.1. The number of amidine groups is 1. The van der Waals surface area contributed by atoms with E-state index < -0.39 is 29.8 Å². The quantitative estimate of drug-likeness (QED) is 0.442. The van der Waals surface area contributed by atoms with E-state index in [9.17, 15) is 19.1 Å². The average Bonchev–Trinajstić information content (AvgIpc) is 2.70. The normalized spacial score (nSPS) is 17.7. The lowest BCUT2D eigenvalue weighted by Crippen LogP contribution is -2.55. The monoisotopic (exact) mass is 400 g/mol. The Hall–Kier alpha value is -3.30. The first-order valence-electron chi connectivity index (χ1n) is 8.90. The van der Waals surface area contributed by atoms with Crippen LogP contribution < -0.4 is 16.0 Å². The van der Waals surface area contributed by atoms with E-state index in [0.717, 1.165) is 0 Å². The van der Waals surface area contributed by atoms with Crippen LogP contribution in [-0.4, -0.2) is 48.1 Å². The van der Waals surface area contributed by atoms with Crippen LogP contribution in [0, 0.1) is 18.2 Å². The van der Waals surface area contributed by atoms with E-state index in [1.807, 2.05) is 0 Å². The van der Waals surface area contributed by atoms with Crippen LogP contribution >= 0.6 is 0 Å². The topological polar surface area (TPSA) is 129 Å². The van der Waals surface area contributed by atoms with Gasteiger partial charge in [0.25, 0.3) is 11.8 Å². The van der Waals surface area contributed by atoms with Gasteiger partial charge in [0, 0.05) is 23.5 Å². The Balaban J connectivity index is 1.73. The summed E-state index contributed by atoms with van der Waals surface area (Å²) < 4.78 is 19.0. The van der Waals surface area contributed by atoms with Crippen molar-refractivity contribution < 1.29 is 23.8 Å². The third-order valence-corrected chi connectivity index (χ3v) is 4.60. The molecule has 3 rings (SSSR count). The Morgan fingerprint density at radius 3 is 2.69 bits per heavy atom. The van der Waals surface area contributed by atoms with E-state index in [1.165, 1.54) is 29.2 Å². The summed E-state index contributed by atoms with van der Waals surface area (Å²) in [6.45, 7) is 2.00. The summed E-state index contributed by atoms with van der Waals surface area (Å²) in [5.41, 5.74) is 7.28. The lowest BCUT2D eigenvalue weighted by atomic mass is 10.1. The fourth-order valence-corrected chi connectivity index (χ4v) is 3.03. The van der Waals surface area contributed by atoms with Gasteiger partial charge in [0.2, 0.25) is 0 Å². The maximum atomic E-state index is 13.6. The van der Waals surface area contributed by atoms with Gasteiger partial charge in [-0.15, -0.1) is 0 Å². The molecule has 29 heavy (non-hydrogen) atoms. The molecule has 5 N–H and O–H groups in total. The van der Waals surface area contributed by atoms with E-state index in [1.54, 1.807) is 25.1 Å². The molecule has 1 aliphatic rings. The lowest BCUT2D eigenvalue weighted by Gasteiger charge is -2.34. The van der Waals surface area contributed by atoms with Crippen LogP contribution in [0.1, 0.15) is 11.1 Å². The van der Waals surface area contributed by atoms with Crippen molar-refractivity contribution in [2.24, 2.45) is 5.73 Å². The molecule has 1 saturated heterocycles. The first kappa shape index (κ1) is 20.4. The summed E-state index contributed by atoms with van der Waals surface area (Å²) in [6.07, 6.45) is -3.17. The minimum Gasteiger partial charge on any atom is -0.384 e. The number of rotatable bonds is 5. The minimum absolute atomic E-state index is 0.0873. The Bertz CT molecular complexity index is 948. The molecule has 1 heterocycles. The van der Waals surface area contributed by atoms with Crippen LogP contribution in [0.25, 0.3) is 0 Å². The van der Waals surface area contributed by atoms with E-state index >= 15 is 0 Å². The number of anilines is 2. The highest BCUT2D eigenvalue weighted by atomic mass is 19.1. The van der Waals surface area contributed by atoms with Crippen molar-refractivity contribution >= 4 is 29.0 Å². The second kappa shape index (κ2) is 8.38. The van der Waals surface area contributed by atoms with Crippen molar-refractivity contribution in [3.63, 3.8) is 0 Å². The van der Waals surface area contributed by atoms with Gasteiger partial charge in [0.1, 0.15) is 11.7 Å². The molecule has 8 nitrogen and oxygen atoms in total. The number of hydrogen-bond donors (Lipinski definition) is 4. The number of amides is 2. The second-order valence-electron chi connectivity index (χ2n) is 6.64. The van der Waals surface area contributed by atoms with Gasteiger partial charge < -0.3 is 25.8 Å². The molecule has 0 radical (unpaired) electrons. The second-order valence-corrected chi connectivity index (χ2v) is 6.64. The van der Waals surface area contributed by atoms with Crippen molar-refractivity contribution in [3.8, 4) is 0 Å². The third-order valence-electron chi connectivity index (χ3n) is 4.60. The van der Waals surface area contributed by atoms with E-state index in [2.05, 4.69) is 5.32 Å². The number of ether oxygens (including phenoxy) is 1. The molecule has 2 amide bonds. The molecule has 2 aromatic rings. The number of nitrogens with two attached hydrogens (primary N) is 1. The first-order valence-corrected chi connectivity index (χ1v) is 8.90. The molecule has 1 aliphatic heterocycles. The minimum atomic E-state index is -1.76. The number of hydrogen-bond acceptors (Lipinski definition) is 5. The number of nitrogens with zero attached hydrogens (tertiary/aromatic N) is 1. The van der Waals surface area contributed by atoms with Gasteiger partial charge in [0.05, 0.1) is 6.61 Å². The zero-order valence-corrected chi connectivity index (χ0v) is 15.7. The highest BCUT2D eigenvalue weighted by Gasteiger charge is 2.39. The number of morpholine rings is 1. The van der Waals surface area contributed by atoms with E-state index in [-0.39, 0.29) is 19.0 Å². The maximum Gasteiger partial charge on any atom is 0.259 e. The molecule has 0 aliphatic carbocycles. The fraction of sp³-hybridized carbons (Fsp3) is 0.250. The molecule has 0 saturated carbocycles. The van der Waals surface area contributed by atoms with Crippen LogP contribution in [0.4, 0.5) is 15.8 Å². The molecule has 0 bridgehead atoms. The van der Waals surface area contributed by atoms with Crippen molar-refractivity contribution in [1.82, 2.24) is 0 Å². The highest BCUT2D eigenvalue weighted by Crippen LogP contribution is 2.25. The van der Waals surface area contributed by atoms with E-state index in [4.69, 9.17) is 15.9 Å². The molecular weight excluding hydrogens is 379 g/mol. The molecular formula is C20H21FN4O4. The van der Waals surface area contributed by atoms with E-state index in [0.29, 0.717) is 22.5 Å². The summed E-state index contributed by atoms with van der Waals surface area (Å²) >= 11 is 0. The van der Waals surface area contributed by atoms with Crippen molar-refractivity contribution in [3.05, 3.63) is 59.4 Å². The third kappa shape index (κ3) is 4.41. The summed E-state index contributed by atoms with van der Waals surface area (Å²) in [6, 6.07) is 10.2. The van der Waals surface area contributed by atoms with Gasteiger partial charge in [-0.2, -0.15) is 0 Å². The van der Waals surface area contributed by atoms with Crippen LogP contribution in [0.3, 0.4) is 0 Å². The molecule has 1 unspecified atom stereocenters. The van der Waals surface area contributed by atoms with Gasteiger partial charge in [-0.25, -0.2) is 4.39 Å². The molecule has 2 atom stereocenters. The number of aliphatic hydroxyl groups is 1. The Morgan fingerprint density at radius 2 is 2.03 bits per heavy atom. The Labute approximate surface area is 166 Å². The molecule has 152 valence electrons. The number of aliphatic hydroxyl groups excluding tert-OH is 1. The van der Waals surface area contributed by atoms with Crippen molar-refractivity contribution in [1.29, 1.82) is 5.41 Å². The van der Waals surface area contributed by atoms with Gasteiger partial charge in [-0.05, 0) is 48.9 Å². The van der Waals surface area contributed by atoms with Crippen LogP contribution in [0.5, 0.6) is 0 Å². The SMILES string of the molecule is Cc1ccc(F)cc1N1CCO[C@H](C(O)C(=O)Nc2ccc(C(=N)N)cc2)C1=O. The summed E-state index contributed by atoms with van der Waals surface area (Å²) in [5, 5.41) is 20.2. The van der Waals surface area contributed by atoms with Crippen molar-refractivity contribution in [2.45, 2.75) is 19.1 Å². The van der Waals surface area contributed by atoms with Gasteiger partial charge in [0.15, 0.2) is 12.2 Å². The standard InChI is InChI=1S/C20H21FN4O4/c1-11-2-5-13(21)10-15(11)25-8-9-29-17(20(25)28)16(26)19(27)24-14-6-3-12(4-7-14)18(22)23/h2-7,10,16-17,26H,8-9H2,1H3,(H3,22,23)(H,24,27)/t16?,17-/m1/s1. The molecule has 2 aromatic carbocycles. The largest absolute Gasteiger partial charge is 0.384 e. The number of nitrogens with one attached hydrogen (secondary N) is 2. The maximum absolute atomic E-state index is 13.6. The number of halogens is 1. The number of carbonyl (C=O) groups is 2. The average molecular weight is 400 g/mol. The van der Waals surface area contributed by atoms with Gasteiger partial charge in [-0.1, -0.05) is 6.07 Å². The lowest BCUT2D eigenvalue weighted by molar-refractivity contribution is -0.150. The smallest absolute Gasteiger partial charge is 0.259 e. The Kier molecular flexibility index (Phi) is 5.90. The predicted octanol–water partition coefficient (Wildman–Crippen LogP) is 1.15. The number of carbonyl (C=O) groups excluding carboxylic acids is 2. The predicted molar refractivity (Wildman–Crippen MR) is 105 cm³/mol. The molecule has 0 spiro atoms. The zero-order valence-electron chi connectivity index (χ0n) is 15.7. The number of aryl methyl sites for hydroxylation is 1.